The van der Waals surface area contributed by atoms with Crippen LogP contribution in [0.25, 0.3) is 0 Å². The number of amides is 1. The van der Waals surface area contributed by atoms with E-state index < -0.39 is 5.97 Å². The van der Waals surface area contributed by atoms with Crippen molar-refractivity contribution in [2.45, 2.75) is 19.4 Å². The molecule has 1 heterocycles. The first-order valence-electron chi connectivity index (χ1n) is 10.9. The number of carbonyl (C=O) groups is 2. The summed E-state index contributed by atoms with van der Waals surface area (Å²) in [5, 5.41) is 0. The van der Waals surface area contributed by atoms with Crippen LogP contribution in [0.1, 0.15) is 32.6 Å². The van der Waals surface area contributed by atoms with Gasteiger partial charge in [0.25, 0.3) is 5.91 Å². The molecule has 3 aromatic carbocycles. The summed E-state index contributed by atoms with van der Waals surface area (Å²) in [6.45, 7) is 0.710. The normalized spacial score (nSPS) is 12.6. The molecule has 1 aliphatic rings. The van der Waals surface area contributed by atoms with E-state index in [4.69, 9.17) is 14.2 Å². The maximum Gasteiger partial charge on any atom is 0.338 e. The van der Waals surface area contributed by atoms with Gasteiger partial charge in [-0.15, -0.1) is 0 Å². The summed E-state index contributed by atoms with van der Waals surface area (Å²) in [5.41, 5.74) is 4.59. The molecule has 6 heteroatoms. The van der Waals surface area contributed by atoms with E-state index in [1.54, 1.807) is 31.3 Å². The number of esters is 1. The first-order chi connectivity index (χ1) is 16.1. The van der Waals surface area contributed by atoms with Gasteiger partial charge in [-0.3, -0.25) is 4.79 Å². The van der Waals surface area contributed by atoms with Crippen LogP contribution < -0.4 is 9.47 Å². The van der Waals surface area contributed by atoms with Crippen molar-refractivity contribution in [2.75, 3.05) is 27.4 Å². The molecule has 6 nitrogen and oxygen atoms in total. The topological polar surface area (TPSA) is 65.1 Å². The highest BCUT2D eigenvalue weighted by molar-refractivity contribution is 5.93. The Morgan fingerprint density at radius 1 is 0.879 bits per heavy atom. The van der Waals surface area contributed by atoms with Crippen molar-refractivity contribution >= 4 is 11.9 Å². The van der Waals surface area contributed by atoms with E-state index in [0.717, 1.165) is 22.3 Å². The Morgan fingerprint density at radius 3 is 2.27 bits per heavy atom. The van der Waals surface area contributed by atoms with Crippen molar-refractivity contribution in [3.63, 3.8) is 0 Å². The van der Waals surface area contributed by atoms with Crippen LogP contribution >= 0.6 is 0 Å². The molecule has 1 aliphatic heterocycles. The number of nitrogens with zero attached hydrogens (tertiary/aromatic N) is 1. The molecular weight excluding hydrogens is 418 g/mol. The van der Waals surface area contributed by atoms with Crippen molar-refractivity contribution in [1.29, 1.82) is 0 Å². The van der Waals surface area contributed by atoms with Crippen LogP contribution in [0.2, 0.25) is 0 Å². The zero-order valence-electron chi connectivity index (χ0n) is 18.9. The van der Waals surface area contributed by atoms with Gasteiger partial charge in [0.15, 0.2) is 18.1 Å². The van der Waals surface area contributed by atoms with Gasteiger partial charge < -0.3 is 19.1 Å². The van der Waals surface area contributed by atoms with Gasteiger partial charge >= 0.3 is 5.97 Å². The van der Waals surface area contributed by atoms with Crippen molar-refractivity contribution in [2.24, 2.45) is 0 Å². The predicted octanol–water partition coefficient (Wildman–Crippen LogP) is 4.04. The molecule has 33 heavy (non-hydrogen) atoms. The summed E-state index contributed by atoms with van der Waals surface area (Å²) >= 11 is 0. The third-order valence-electron chi connectivity index (χ3n) is 5.87. The minimum Gasteiger partial charge on any atom is -0.493 e. The van der Waals surface area contributed by atoms with Crippen LogP contribution in [-0.2, 0) is 28.9 Å². The maximum absolute atomic E-state index is 12.8. The van der Waals surface area contributed by atoms with Crippen LogP contribution in [0.5, 0.6) is 11.5 Å². The molecule has 0 spiro atoms. The second-order valence-corrected chi connectivity index (χ2v) is 7.94. The summed E-state index contributed by atoms with van der Waals surface area (Å²) in [6, 6.07) is 21.1. The van der Waals surface area contributed by atoms with Crippen molar-refractivity contribution in [3.8, 4) is 11.5 Å². The van der Waals surface area contributed by atoms with Crippen LogP contribution in [0.3, 0.4) is 0 Å². The van der Waals surface area contributed by atoms with Gasteiger partial charge in [-0.2, -0.15) is 0 Å². The Balaban J connectivity index is 1.39. The van der Waals surface area contributed by atoms with E-state index in [9.17, 15) is 9.59 Å². The van der Waals surface area contributed by atoms with Crippen molar-refractivity contribution in [3.05, 3.63) is 94.5 Å². The lowest BCUT2D eigenvalue weighted by Gasteiger charge is -2.29. The quantitative estimate of drug-likeness (QED) is 0.514. The number of methoxy groups -OCH3 is 2. The van der Waals surface area contributed by atoms with Crippen molar-refractivity contribution in [1.82, 2.24) is 4.90 Å². The van der Waals surface area contributed by atoms with Crippen LogP contribution in [-0.4, -0.2) is 44.1 Å². The zero-order valence-corrected chi connectivity index (χ0v) is 18.9. The molecule has 4 rings (SSSR count). The van der Waals surface area contributed by atoms with Gasteiger partial charge in [-0.1, -0.05) is 48.5 Å². The highest BCUT2D eigenvalue weighted by Gasteiger charge is 2.24. The van der Waals surface area contributed by atoms with Crippen LogP contribution in [0.4, 0.5) is 0 Å². The third-order valence-corrected chi connectivity index (χ3v) is 5.87. The fourth-order valence-electron chi connectivity index (χ4n) is 4.08. The van der Waals surface area contributed by atoms with E-state index >= 15 is 0 Å². The minimum atomic E-state index is -0.487. The van der Waals surface area contributed by atoms with Gasteiger partial charge in [0.1, 0.15) is 0 Å². The number of hydrogen-bond acceptors (Lipinski definition) is 5. The smallest absolute Gasteiger partial charge is 0.338 e. The first-order valence-corrected chi connectivity index (χ1v) is 10.9. The Labute approximate surface area is 193 Å². The van der Waals surface area contributed by atoms with Gasteiger partial charge in [-0.25, -0.2) is 4.79 Å². The molecule has 0 saturated heterocycles. The summed E-state index contributed by atoms with van der Waals surface area (Å²) < 4.78 is 16.2. The highest BCUT2D eigenvalue weighted by Crippen LogP contribution is 2.33. The molecule has 3 aromatic rings. The molecule has 0 bridgehead atoms. The number of benzene rings is 3. The fraction of sp³-hybridized carbons (Fsp3) is 0.259. The molecule has 170 valence electrons. The van der Waals surface area contributed by atoms with Gasteiger partial charge in [0.05, 0.1) is 19.8 Å². The molecular formula is C27H27NO5. The van der Waals surface area contributed by atoms with Gasteiger partial charge in [0, 0.05) is 13.1 Å². The molecule has 0 radical (unpaired) electrons. The Hall–Kier alpha value is -3.80. The molecule has 0 unspecified atom stereocenters. The molecule has 0 aliphatic carbocycles. The average Bonchev–Trinajstić information content (AvgIpc) is 2.86. The number of carbonyl (C=O) groups excluding carboxylic acids is 2. The lowest BCUT2D eigenvalue weighted by Crippen LogP contribution is -2.38. The largest absolute Gasteiger partial charge is 0.493 e. The Kier molecular flexibility index (Phi) is 6.93. The van der Waals surface area contributed by atoms with E-state index in [-0.39, 0.29) is 12.5 Å². The highest BCUT2D eigenvalue weighted by atomic mass is 16.5. The molecule has 0 saturated carbocycles. The molecule has 0 N–H and O–H groups in total. The van der Waals surface area contributed by atoms with Gasteiger partial charge in [-0.05, 0) is 53.3 Å². The zero-order chi connectivity index (χ0) is 23.2. The molecule has 1 amide bonds. The molecule has 0 atom stereocenters. The number of ether oxygens (including phenoxy) is 3. The van der Waals surface area contributed by atoms with E-state index in [1.807, 2.05) is 54.6 Å². The third kappa shape index (κ3) is 5.17. The average molecular weight is 446 g/mol. The fourth-order valence-corrected chi connectivity index (χ4v) is 4.08. The Bertz CT molecular complexity index is 1140. The monoisotopic (exact) mass is 445 g/mol. The van der Waals surface area contributed by atoms with E-state index in [2.05, 4.69) is 0 Å². The second-order valence-electron chi connectivity index (χ2n) is 7.94. The van der Waals surface area contributed by atoms with E-state index in [0.29, 0.717) is 43.0 Å². The van der Waals surface area contributed by atoms with Gasteiger partial charge in [0.2, 0.25) is 0 Å². The minimum absolute atomic E-state index is 0.218. The number of hydrogen-bond donors (Lipinski definition) is 0. The van der Waals surface area contributed by atoms with Crippen LogP contribution in [0.15, 0.2) is 66.7 Å². The first kappa shape index (κ1) is 22.4. The summed E-state index contributed by atoms with van der Waals surface area (Å²) in [5.74, 6) is 0.606. The summed E-state index contributed by atoms with van der Waals surface area (Å²) in [4.78, 5) is 27.3. The predicted molar refractivity (Wildman–Crippen MR) is 125 cm³/mol. The molecule has 0 fully saturated rings. The van der Waals surface area contributed by atoms with Crippen LogP contribution in [0, 0.1) is 0 Å². The van der Waals surface area contributed by atoms with Crippen molar-refractivity contribution < 1.29 is 23.8 Å². The lowest BCUT2D eigenvalue weighted by molar-refractivity contribution is -0.135. The number of rotatable bonds is 7. The Morgan fingerprint density at radius 2 is 1.55 bits per heavy atom. The standard InChI is InChI=1S/C27H27NO5/c1-31-24-15-20-12-13-28(17-22(20)16-25(24)32-2)26(29)18-33-27(30)23-11-7-6-10-21(23)14-19-8-4-3-5-9-19/h3-11,15-16H,12-14,17-18H2,1-2H3. The maximum atomic E-state index is 12.8. The summed E-state index contributed by atoms with van der Waals surface area (Å²) in [7, 11) is 3.19. The summed E-state index contributed by atoms with van der Waals surface area (Å²) in [6.07, 6.45) is 1.32. The SMILES string of the molecule is COc1cc2c(cc1OC)CN(C(=O)COC(=O)c1ccccc1Cc1ccccc1)CC2. The number of fused-ring (bicyclic) bond motifs is 1. The second kappa shape index (κ2) is 10.2. The lowest BCUT2D eigenvalue weighted by atomic mass is 9.98. The molecule has 0 aromatic heterocycles. The van der Waals surface area contributed by atoms with E-state index in [1.165, 1.54) is 0 Å².